The van der Waals surface area contributed by atoms with Crippen LogP contribution < -0.4 is 10.6 Å². The highest BCUT2D eigenvalue weighted by molar-refractivity contribution is 5.92. The molecule has 0 spiro atoms. The van der Waals surface area contributed by atoms with Gasteiger partial charge in [-0.25, -0.2) is 9.97 Å². The van der Waals surface area contributed by atoms with E-state index in [0.29, 0.717) is 44.8 Å². The Labute approximate surface area is 183 Å². The van der Waals surface area contributed by atoms with Gasteiger partial charge >= 0.3 is 6.18 Å². The zero-order chi connectivity index (χ0) is 23.1. The fourth-order valence-corrected chi connectivity index (χ4v) is 3.28. The molecule has 2 amide bonds. The Morgan fingerprint density at radius 2 is 1.75 bits per heavy atom. The summed E-state index contributed by atoms with van der Waals surface area (Å²) in [5, 5.41) is 0. The largest absolute Gasteiger partial charge is 0.419 e. The Morgan fingerprint density at radius 1 is 1.06 bits per heavy atom. The molecular formula is C21H24F3N5O3. The van der Waals surface area contributed by atoms with E-state index in [0.717, 1.165) is 18.0 Å². The smallest absolute Gasteiger partial charge is 0.381 e. The summed E-state index contributed by atoms with van der Waals surface area (Å²) in [4.78, 5) is 34.6. The topological polar surface area (TPSA) is 102 Å². The summed E-state index contributed by atoms with van der Waals surface area (Å²) < 4.78 is 43.4. The van der Waals surface area contributed by atoms with Gasteiger partial charge in [-0.05, 0) is 24.1 Å². The van der Waals surface area contributed by atoms with Crippen LogP contribution in [0.3, 0.4) is 0 Å². The quantitative estimate of drug-likeness (QED) is 0.615. The first-order valence-corrected chi connectivity index (χ1v) is 10.1. The molecule has 11 heteroatoms. The van der Waals surface area contributed by atoms with Crippen molar-refractivity contribution in [1.82, 2.24) is 14.9 Å². The van der Waals surface area contributed by atoms with Gasteiger partial charge in [-0.15, -0.1) is 0 Å². The maximum atomic E-state index is 12.6. The minimum Gasteiger partial charge on any atom is -0.381 e. The predicted molar refractivity (Wildman–Crippen MR) is 110 cm³/mol. The molecule has 1 aliphatic heterocycles. The molecule has 0 unspecified atom stereocenters. The first-order valence-electron chi connectivity index (χ1n) is 10.1. The Balaban J connectivity index is 1.36. The number of hydrogen-bond acceptors (Lipinski definition) is 6. The standard InChI is InChI=1S/C21H24F3N5O3/c22-21(23,24)17-13-26-20(27-14-17)29-8-6-28(7-9-29)18(30)5-11-32-10-4-15-2-1-3-16(12-15)19(25)31/h1-3,12-14H,4-11H2,(H2,25,31). The molecule has 1 aromatic heterocycles. The van der Waals surface area contributed by atoms with Gasteiger partial charge in [-0.1, -0.05) is 12.1 Å². The minimum atomic E-state index is -4.47. The van der Waals surface area contributed by atoms with Crippen molar-refractivity contribution in [3.63, 3.8) is 0 Å². The van der Waals surface area contributed by atoms with Crippen LogP contribution in [0.5, 0.6) is 0 Å². The van der Waals surface area contributed by atoms with Gasteiger partial charge in [0.2, 0.25) is 17.8 Å². The van der Waals surface area contributed by atoms with Crippen molar-refractivity contribution in [3.05, 3.63) is 53.3 Å². The highest BCUT2D eigenvalue weighted by Crippen LogP contribution is 2.28. The summed E-state index contributed by atoms with van der Waals surface area (Å²) in [7, 11) is 0. The first kappa shape index (κ1) is 23.5. The molecule has 172 valence electrons. The van der Waals surface area contributed by atoms with Gasteiger partial charge in [-0.2, -0.15) is 13.2 Å². The second-order valence-electron chi connectivity index (χ2n) is 7.31. The number of alkyl halides is 3. The van der Waals surface area contributed by atoms with Crippen LogP contribution >= 0.6 is 0 Å². The van der Waals surface area contributed by atoms with E-state index in [9.17, 15) is 22.8 Å². The molecule has 0 bridgehead atoms. The monoisotopic (exact) mass is 451 g/mol. The molecule has 3 rings (SSSR count). The SMILES string of the molecule is NC(=O)c1cccc(CCOCCC(=O)N2CCN(c3ncc(C(F)(F)F)cn3)CC2)c1. The van der Waals surface area contributed by atoms with E-state index in [-0.39, 0.29) is 24.9 Å². The molecule has 0 radical (unpaired) electrons. The molecule has 1 aromatic carbocycles. The van der Waals surface area contributed by atoms with Gasteiger partial charge < -0.3 is 20.3 Å². The number of rotatable bonds is 8. The lowest BCUT2D eigenvalue weighted by Gasteiger charge is -2.34. The van der Waals surface area contributed by atoms with Gasteiger partial charge in [-0.3, -0.25) is 9.59 Å². The number of ether oxygens (including phenoxy) is 1. The van der Waals surface area contributed by atoms with Crippen molar-refractivity contribution in [2.24, 2.45) is 5.73 Å². The maximum Gasteiger partial charge on any atom is 0.419 e. The molecule has 8 nitrogen and oxygen atoms in total. The molecule has 32 heavy (non-hydrogen) atoms. The summed E-state index contributed by atoms with van der Waals surface area (Å²) in [5.74, 6) is -0.314. The number of piperazine rings is 1. The van der Waals surface area contributed by atoms with Gasteiger partial charge in [0.15, 0.2) is 0 Å². The number of carbonyl (C=O) groups excluding carboxylic acids is 2. The molecule has 1 fully saturated rings. The van der Waals surface area contributed by atoms with E-state index in [4.69, 9.17) is 10.5 Å². The molecule has 0 saturated carbocycles. The molecule has 2 aromatic rings. The number of carbonyl (C=O) groups is 2. The number of hydrogen-bond donors (Lipinski definition) is 1. The third-order valence-corrected chi connectivity index (χ3v) is 5.09. The van der Waals surface area contributed by atoms with E-state index in [1.165, 1.54) is 0 Å². The van der Waals surface area contributed by atoms with Crippen LogP contribution in [-0.4, -0.2) is 66.1 Å². The number of amides is 2. The predicted octanol–water partition coefficient (Wildman–Crippen LogP) is 1.89. The summed E-state index contributed by atoms with van der Waals surface area (Å²) in [6.07, 6.45) is -2.11. The van der Waals surface area contributed by atoms with Crippen LogP contribution in [0.25, 0.3) is 0 Å². The zero-order valence-corrected chi connectivity index (χ0v) is 17.3. The second kappa shape index (κ2) is 10.4. The van der Waals surface area contributed by atoms with Crippen molar-refractivity contribution in [2.75, 3.05) is 44.3 Å². The van der Waals surface area contributed by atoms with E-state index >= 15 is 0 Å². The Kier molecular flexibility index (Phi) is 7.62. The highest BCUT2D eigenvalue weighted by atomic mass is 19.4. The number of halogens is 3. The fraction of sp³-hybridized carbons (Fsp3) is 0.429. The van der Waals surface area contributed by atoms with E-state index < -0.39 is 17.6 Å². The summed E-state index contributed by atoms with van der Waals surface area (Å²) in [5.41, 5.74) is 5.74. The van der Waals surface area contributed by atoms with Crippen LogP contribution in [0.4, 0.5) is 19.1 Å². The minimum absolute atomic E-state index is 0.0475. The van der Waals surface area contributed by atoms with E-state index in [2.05, 4.69) is 9.97 Å². The number of anilines is 1. The van der Waals surface area contributed by atoms with Crippen LogP contribution in [-0.2, 0) is 22.1 Å². The number of aromatic nitrogens is 2. The molecule has 1 saturated heterocycles. The Hall–Kier alpha value is -3.21. The van der Waals surface area contributed by atoms with E-state index in [1.54, 1.807) is 28.0 Å². The van der Waals surface area contributed by atoms with Crippen LogP contribution in [0.1, 0.15) is 27.9 Å². The van der Waals surface area contributed by atoms with Crippen LogP contribution in [0.2, 0.25) is 0 Å². The number of nitrogens with zero attached hydrogens (tertiary/aromatic N) is 4. The normalized spacial score (nSPS) is 14.5. The first-order chi connectivity index (χ1) is 15.2. The number of nitrogens with two attached hydrogens (primary N) is 1. The van der Waals surface area contributed by atoms with Crippen molar-refractivity contribution in [2.45, 2.75) is 19.0 Å². The second-order valence-corrected chi connectivity index (χ2v) is 7.31. The average molecular weight is 451 g/mol. The van der Waals surface area contributed by atoms with Crippen LogP contribution in [0, 0.1) is 0 Å². The lowest BCUT2D eigenvalue weighted by atomic mass is 10.1. The summed E-state index contributed by atoms with van der Waals surface area (Å²) in [6.45, 7) is 2.43. The van der Waals surface area contributed by atoms with Crippen molar-refractivity contribution in [3.8, 4) is 0 Å². The van der Waals surface area contributed by atoms with Crippen LogP contribution in [0.15, 0.2) is 36.7 Å². The molecule has 0 aliphatic carbocycles. The average Bonchev–Trinajstić information content (AvgIpc) is 2.78. The molecule has 1 aliphatic rings. The third kappa shape index (κ3) is 6.39. The van der Waals surface area contributed by atoms with Gasteiger partial charge in [0.1, 0.15) is 0 Å². The molecule has 2 heterocycles. The third-order valence-electron chi connectivity index (χ3n) is 5.09. The van der Waals surface area contributed by atoms with E-state index in [1.807, 2.05) is 6.07 Å². The van der Waals surface area contributed by atoms with Gasteiger partial charge in [0.05, 0.1) is 25.2 Å². The maximum absolute atomic E-state index is 12.6. The Morgan fingerprint density at radius 3 is 2.38 bits per heavy atom. The summed E-state index contributed by atoms with van der Waals surface area (Å²) >= 11 is 0. The fourth-order valence-electron chi connectivity index (χ4n) is 3.28. The lowest BCUT2D eigenvalue weighted by Crippen LogP contribution is -2.49. The van der Waals surface area contributed by atoms with Gasteiger partial charge in [0, 0.05) is 44.1 Å². The molecule has 2 N–H and O–H groups in total. The lowest BCUT2D eigenvalue weighted by molar-refractivity contribution is -0.138. The number of primary amides is 1. The van der Waals surface area contributed by atoms with Crippen molar-refractivity contribution in [1.29, 1.82) is 0 Å². The molecular weight excluding hydrogens is 427 g/mol. The van der Waals surface area contributed by atoms with Gasteiger partial charge in [0.25, 0.3) is 0 Å². The zero-order valence-electron chi connectivity index (χ0n) is 17.3. The Bertz CT molecular complexity index is 929. The summed E-state index contributed by atoms with van der Waals surface area (Å²) in [6, 6.07) is 7.00. The highest BCUT2D eigenvalue weighted by Gasteiger charge is 2.32. The van der Waals surface area contributed by atoms with Crippen molar-refractivity contribution < 1.29 is 27.5 Å². The molecule has 0 atom stereocenters. The van der Waals surface area contributed by atoms with Crippen molar-refractivity contribution >= 4 is 17.8 Å². The number of benzene rings is 1.